The van der Waals surface area contributed by atoms with Gasteiger partial charge in [0.05, 0.1) is 39.8 Å². The topological polar surface area (TPSA) is 70.4 Å². The minimum atomic E-state index is 0. The van der Waals surface area contributed by atoms with Gasteiger partial charge < -0.3 is 19.3 Å². The second-order valence-corrected chi connectivity index (χ2v) is 28.6. The zero-order chi connectivity index (χ0) is 71.6. The molecular formula is C101H63IrN8-3. The Morgan fingerprint density at radius 1 is 0.364 bits per heavy atom. The first-order valence-corrected chi connectivity index (χ1v) is 37.3. The van der Waals surface area contributed by atoms with Gasteiger partial charge in [0.15, 0.2) is 0 Å². The second-order valence-electron chi connectivity index (χ2n) is 28.6. The first-order valence-electron chi connectivity index (χ1n) is 37.3. The number of pyridine rings is 1. The average molecular weight is 1580 g/mol. The summed E-state index contributed by atoms with van der Waals surface area (Å²) in [7, 11) is 0. The molecule has 0 amide bonds. The minimum Gasteiger partial charge on any atom is -0.358 e. The Labute approximate surface area is 648 Å². The number of imidazole rings is 2. The van der Waals surface area contributed by atoms with Crippen LogP contribution >= 0.6 is 0 Å². The molecule has 0 saturated heterocycles. The van der Waals surface area contributed by atoms with Crippen molar-refractivity contribution >= 4 is 109 Å². The number of allylic oxidation sites excluding steroid dienone is 6. The summed E-state index contributed by atoms with van der Waals surface area (Å²) in [5, 5.41) is 31.2. The van der Waals surface area contributed by atoms with Crippen molar-refractivity contribution in [2.45, 2.75) is 25.7 Å². The molecule has 4 aromatic heterocycles. The fourth-order valence-electron chi connectivity index (χ4n) is 17.8. The number of hydrogen-bond donors (Lipinski definition) is 0. The van der Waals surface area contributed by atoms with Crippen LogP contribution in [-0.2, 0) is 32.9 Å². The number of benzene rings is 16. The van der Waals surface area contributed by atoms with Crippen molar-refractivity contribution in [3.8, 4) is 79.2 Å². The largest absolute Gasteiger partial charge is 0.358 e. The third-order valence-corrected chi connectivity index (χ3v) is 22.6. The maximum Gasteiger partial charge on any atom is 0.268 e. The van der Waals surface area contributed by atoms with Crippen LogP contribution in [0.25, 0.3) is 189 Å². The molecule has 519 valence electrons. The number of hydrogen-bond acceptors (Lipinski definition) is 3. The van der Waals surface area contributed by atoms with E-state index in [2.05, 4.69) is 367 Å². The molecule has 0 bridgehead atoms. The predicted molar refractivity (Wildman–Crippen MR) is 443 cm³/mol. The van der Waals surface area contributed by atoms with Crippen LogP contribution in [-0.4, -0.2) is 24.4 Å². The van der Waals surface area contributed by atoms with Gasteiger partial charge in [-0.05, 0) is 174 Å². The van der Waals surface area contributed by atoms with E-state index in [9.17, 15) is 0 Å². The summed E-state index contributed by atoms with van der Waals surface area (Å²) >= 11 is 0. The van der Waals surface area contributed by atoms with Crippen LogP contribution < -0.4 is 14.2 Å². The van der Waals surface area contributed by atoms with Crippen LogP contribution in [0.1, 0.15) is 46.2 Å². The molecule has 110 heavy (non-hydrogen) atoms. The van der Waals surface area contributed by atoms with E-state index in [1.54, 1.807) is 12.4 Å². The standard InChI is InChI=1S/2C47H29N2.C7H5N4.Ir/c2*1-3-9-36(10-4-1)46-47(37-11-5-2-6-12-37)49(41-28-24-35-20-18-31-14-8-16-33-22-26-39(41)45(35)43(31)33)29-48(46)40-27-23-34-19-17-30-13-7-15-32-21-25-38(40)44(34)42(30)32;1-2-4-8-6(3-1)7-5-9-11-10-7;/h2*1-13,15-19,21-27H,14,20H2;1-5H;/q3*-1;. The zero-order valence-electron chi connectivity index (χ0n) is 59.5. The van der Waals surface area contributed by atoms with E-state index >= 15 is 0 Å². The summed E-state index contributed by atoms with van der Waals surface area (Å²) in [4.78, 5) is 4.08. The van der Waals surface area contributed by atoms with Gasteiger partial charge in [0.2, 0.25) is 0 Å². The molecule has 0 N–H and O–H groups in total. The van der Waals surface area contributed by atoms with Crippen molar-refractivity contribution < 1.29 is 29.2 Å². The van der Waals surface area contributed by atoms with E-state index in [0.717, 1.165) is 99.2 Å². The van der Waals surface area contributed by atoms with Crippen LogP contribution in [0.2, 0.25) is 0 Å². The fraction of sp³-hybridized carbons (Fsp3) is 0.0396. The molecule has 0 atom stereocenters. The Kier molecular flexibility index (Phi) is 15.6. The van der Waals surface area contributed by atoms with Gasteiger partial charge in [-0.15, -0.1) is 44.8 Å². The van der Waals surface area contributed by atoms with E-state index in [1.807, 2.05) is 18.2 Å². The predicted octanol–water partition coefficient (Wildman–Crippen LogP) is 22.7. The SMILES string of the molecule is [Ir].[c-]1cc2c3c4c(ccc3c1-n1[c-][n+](-c3ccc5ccc6cccc7ccc3c5c67)c(-c3ccccc3)c1-c1ccccc1)C=CCC4=CC2.[c-]1cc2c3c4c(ccc3c1-n1[c-][n+](-c3ccc5ccc6cccc7ccc3c5c67)c(-c3ccccc3)c1-c1ccccc1)C=CCC4=CC2.c1ccc(-c2cnn[n-]2)nc1. The Morgan fingerprint density at radius 2 is 0.773 bits per heavy atom. The van der Waals surface area contributed by atoms with Crippen LogP contribution in [0.15, 0.2) is 322 Å². The quantitative estimate of drug-likeness (QED) is 0.0820. The molecule has 0 spiro atoms. The van der Waals surface area contributed by atoms with Crippen molar-refractivity contribution in [1.82, 2.24) is 29.5 Å². The Morgan fingerprint density at radius 3 is 1.20 bits per heavy atom. The molecule has 20 aromatic rings. The van der Waals surface area contributed by atoms with Gasteiger partial charge in [-0.25, -0.2) is 0 Å². The molecule has 9 heteroatoms. The van der Waals surface area contributed by atoms with Crippen LogP contribution in [0.5, 0.6) is 0 Å². The van der Waals surface area contributed by atoms with Crippen molar-refractivity contribution in [1.29, 1.82) is 0 Å². The first kappa shape index (κ1) is 64.8. The minimum absolute atomic E-state index is 0. The molecule has 4 aliphatic carbocycles. The summed E-state index contributed by atoms with van der Waals surface area (Å²) in [5.74, 6) is 0. The first-order chi connectivity index (χ1) is 54.1. The van der Waals surface area contributed by atoms with E-state index in [1.165, 1.54) is 131 Å². The van der Waals surface area contributed by atoms with Crippen LogP contribution in [0.3, 0.4) is 0 Å². The number of rotatable bonds is 9. The molecule has 8 nitrogen and oxygen atoms in total. The summed E-state index contributed by atoms with van der Waals surface area (Å²) in [6.07, 6.45) is 29.0. The van der Waals surface area contributed by atoms with E-state index in [4.69, 9.17) is 0 Å². The summed E-state index contributed by atoms with van der Waals surface area (Å²) in [6, 6.07) is 110. The molecule has 0 aliphatic heterocycles. The van der Waals surface area contributed by atoms with E-state index in [-0.39, 0.29) is 20.1 Å². The van der Waals surface area contributed by atoms with Crippen molar-refractivity contribution in [3.63, 3.8) is 0 Å². The smallest absolute Gasteiger partial charge is 0.268 e. The monoisotopic (exact) mass is 1580 g/mol. The van der Waals surface area contributed by atoms with Crippen LogP contribution in [0.4, 0.5) is 0 Å². The molecule has 4 heterocycles. The summed E-state index contributed by atoms with van der Waals surface area (Å²) in [5.41, 5.74) is 25.6. The molecular weight excluding hydrogens is 1520 g/mol. The summed E-state index contributed by atoms with van der Waals surface area (Å²) < 4.78 is 9.15. The second kappa shape index (κ2) is 26.4. The molecule has 0 unspecified atom stereocenters. The van der Waals surface area contributed by atoms with Crippen molar-refractivity contribution in [3.05, 3.63) is 380 Å². The van der Waals surface area contributed by atoms with Crippen molar-refractivity contribution in [2.75, 3.05) is 0 Å². The third-order valence-electron chi connectivity index (χ3n) is 22.6. The zero-order valence-corrected chi connectivity index (χ0v) is 61.9. The van der Waals surface area contributed by atoms with Gasteiger partial charge in [0, 0.05) is 26.3 Å². The van der Waals surface area contributed by atoms with E-state index in [0.29, 0.717) is 5.69 Å². The van der Waals surface area contributed by atoms with Gasteiger partial charge in [0.1, 0.15) is 0 Å². The fourth-order valence-corrected chi connectivity index (χ4v) is 17.8. The molecule has 24 rings (SSSR count). The van der Waals surface area contributed by atoms with Gasteiger partial charge >= 0.3 is 0 Å². The van der Waals surface area contributed by atoms with Gasteiger partial charge in [0.25, 0.3) is 12.7 Å². The Hall–Kier alpha value is -13.6. The summed E-state index contributed by atoms with van der Waals surface area (Å²) in [6.45, 7) is 0. The molecule has 16 aromatic carbocycles. The van der Waals surface area contributed by atoms with E-state index < -0.39 is 0 Å². The van der Waals surface area contributed by atoms with Crippen molar-refractivity contribution in [2.24, 2.45) is 0 Å². The van der Waals surface area contributed by atoms with Gasteiger partial charge in [-0.3, -0.25) is 19.3 Å². The number of nitrogens with zero attached hydrogens (tertiary/aromatic N) is 8. The third kappa shape index (κ3) is 10.4. The normalized spacial score (nSPS) is 13.1. The molecule has 1 radical (unpaired) electrons. The van der Waals surface area contributed by atoms with Gasteiger partial charge in [-0.2, -0.15) is 24.3 Å². The maximum absolute atomic E-state index is 4.08. The van der Waals surface area contributed by atoms with Crippen LogP contribution in [0, 0.1) is 24.8 Å². The Bertz CT molecular complexity index is 6750. The average Bonchev–Trinajstić information content (AvgIpc) is 1.45. The maximum atomic E-state index is 4.08. The molecule has 0 saturated carbocycles. The molecule has 0 fully saturated rings. The molecule has 4 aliphatic rings. The number of aromatic nitrogens is 8. The Balaban J connectivity index is 0.000000121. The van der Waals surface area contributed by atoms with Gasteiger partial charge in [-0.1, -0.05) is 292 Å².